The van der Waals surface area contributed by atoms with Crippen molar-refractivity contribution in [2.24, 2.45) is 0 Å². The van der Waals surface area contributed by atoms with Crippen LogP contribution in [-0.2, 0) is 6.42 Å². The highest BCUT2D eigenvalue weighted by Gasteiger charge is 2.20. The Morgan fingerprint density at radius 2 is 2.00 bits per heavy atom. The molecule has 0 bridgehead atoms. The van der Waals surface area contributed by atoms with Crippen LogP contribution in [0.25, 0.3) is 11.3 Å². The Kier molecular flexibility index (Phi) is 2.40. The standard InChI is InChI=1S/C13H14N2O3/c1-3-9-12(15-13(14)18-9)8-5-11-10(4-7(8)2)16-6-17-11/h4-5H,3,6H2,1-2H3,(H2,14,15). The number of nitrogens with two attached hydrogens (primary N) is 1. The Hall–Kier alpha value is -2.17. The van der Waals surface area contributed by atoms with Crippen molar-refractivity contribution in [2.45, 2.75) is 20.3 Å². The molecule has 94 valence electrons. The number of hydrogen-bond donors (Lipinski definition) is 1. The highest BCUT2D eigenvalue weighted by molar-refractivity contribution is 5.70. The lowest BCUT2D eigenvalue weighted by atomic mass is 10.0. The summed E-state index contributed by atoms with van der Waals surface area (Å²) in [6.45, 7) is 4.27. The number of rotatable bonds is 2. The number of aromatic nitrogens is 1. The van der Waals surface area contributed by atoms with Crippen LogP contribution >= 0.6 is 0 Å². The van der Waals surface area contributed by atoms with Gasteiger partial charge in [-0.25, -0.2) is 0 Å². The van der Waals surface area contributed by atoms with Crippen LogP contribution in [0.1, 0.15) is 18.2 Å². The highest BCUT2D eigenvalue weighted by atomic mass is 16.7. The largest absolute Gasteiger partial charge is 0.454 e. The molecule has 0 saturated heterocycles. The number of anilines is 1. The van der Waals surface area contributed by atoms with Gasteiger partial charge < -0.3 is 19.6 Å². The molecular formula is C13H14N2O3. The van der Waals surface area contributed by atoms with Crippen molar-refractivity contribution in [3.63, 3.8) is 0 Å². The Bertz CT molecular complexity index is 605. The minimum atomic E-state index is 0.193. The van der Waals surface area contributed by atoms with Crippen molar-refractivity contribution in [1.29, 1.82) is 0 Å². The van der Waals surface area contributed by atoms with Crippen LogP contribution in [0.4, 0.5) is 6.01 Å². The monoisotopic (exact) mass is 246 g/mol. The predicted molar refractivity (Wildman–Crippen MR) is 66.6 cm³/mol. The van der Waals surface area contributed by atoms with Crippen LogP contribution in [0.5, 0.6) is 11.5 Å². The van der Waals surface area contributed by atoms with Crippen molar-refractivity contribution in [3.8, 4) is 22.8 Å². The molecule has 5 nitrogen and oxygen atoms in total. The molecule has 1 aliphatic rings. The third-order valence-electron chi connectivity index (χ3n) is 3.01. The van der Waals surface area contributed by atoms with Crippen molar-refractivity contribution < 1.29 is 13.9 Å². The molecule has 0 atom stereocenters. The second kappa shape index (κ2) is 3.94. The van der Waals surface area contributed by atoms with Crippen molar-refractivity contribution in [1.82, 2.24) is 4.98 Å². The zero-order chi connectivity index (χ0) is 12.7. The van der Waals surface area contributed by atoms with E-state index in [9.17, 15) is 0 Å². The third kappa shape index (κ3) is 1.59. The van der Waals surface area contributed by atoms with Gasteiger partial charge in [-0.3, -0.25) is 0 Å². The van der Waals surface area contributed by atoms with Gasteiger partial charge in [0.15, 0.2) is 11.5 Å². The van der Waals surface area contributed by atoms with Crippen LogP contribution in [0.15, 0.2) is 16.5 Å². The minimum absolute atomic E-state index is 0.193. The topological polar surface area (TPSA) is 70.5 Å². The molecular weight excluding hydrogens is 232 g/mol. The van der Waals surface area contributed by atoms with Crippen LogP contribution in [0.2, 0.25) is 0 Å². The SMILES string of the molecule is CCc1oc(N)nc1-c1cc2c(cc1C)OCO2. The van der Waals surface area contributed by atoms with E-state index < -0.39 is 0 Å². The Balaban J connectivity index is 2.16. The van der Waals surface area contributed by atoms with Gasteiger partial charge in [0, 0.05) is 12.0 Å². The van der Waals surface area contributed by atoms with Crippen molar-refractivity contribution in [3.05, 3.63) is 23.5 Å². The third-order valence-corrected chi connectivity index (χ3v) is 3.01. The van der Waals surface area contributed by atoms with E-state index in [1.807, 2.05) is 26.0 Å². The number of oxazole rings is 1. The molecule has 18 heavy (non-hydrogen) atoms. The summed E-state index contributed by atoms with van der Waals surface area (Å²) in [5, 5.41) is 0. The van der Waals surface area contributed by atoms with Gasteiger partial charge in [0.1, 0.15) is 11.5 Å². The number of nitrogens with zero attached hydrogens (tertiary/aromatic N) is 1. The first-order valence-corrected chi connectivity index (χ1v) is 5.85. The lowest BCUT2D eigenvalue weighted by molar-refractivity contribution is 0.174. The van der Waals surface area contributed by atoms with E-state index in [1.165, 1.54) is 0 Å². The fraction of sp³-hybridized carbons (Fsp3) is 0.308. The zero-order valence-corrected chi connectivity index (χ0v) is 10.3. The number of nitrogen functional groups attached to an aromatic ring is 1. The molecule has 0 aliphatic carbocycles. The van der Waals surface area contributed by atoms with Gasteiger partial charge in [0.05, 0.1) is 0 Å². The molecule has 0 saturated carbocycles. The second-order valence-electron chi connectivity index (χ2n) is 4.20. The smallest absolute Gasteiger partial charge is 0.292 e. The first-order valence-electron chi connectivity index (χ1n) is 5.85. The summed E-state index contributed by atoms with van der Waals surface area (Å²) in [5.74, 6) is 2.29. The van der Waals surface area contributed by atoms with E-state index in [4.69, 9.17) is 19.6 Å². The second-order valence-corrected chi connectivity index (χ2v) is 4.20. The van der Waals surface area contributed by atoms with Crippen molar-refractivity contribution in [2.75, 3.05) is 12.5 Å². The molecule has 2 aromatic rings. The maximum Gasteiger partial charge on any atom is 0.292 e. The predicted octanol–water partition coefficient (Wildman–Crippen LogP) is 2.52. The Morgan fingerprint density at radius 3 is 2.72 bits per heavy atom. The summed E-state index contributed by atoms with van der Waals surface area (Å²) < 4.78 is 16.1. The van der Waals surface area contributed by atoms with Gasteiger partial charge >= 0.3 is 0 Å². The van der Waals surface area contributed by atoms with Crippen LogP contribution in [-0.4, -0.2) is 11.8 Å². The molecule has 3 rings (SSSR count). The van der Waals surface area contributed by atoms with Crippen LogP contribution < -0.4 is 15.2 Å². The van der Waals surface area contributed by atoms with Crippen molar-refractivity contribution >= 4 is 6.01 Å². The van der Waals surface area contributed by atoms with E-state index in [0.717, 1.165) is 40.5 Å². The zero-order valence-electron chi connectivity index (χ0n) is 10.3. The van der Waals surface area contributed by atoms with Crippen LogP contribution in [0, 0.1) is 6.92 Å². The molecule has 0 spiro atoms. The van der Waals surface area contributed by atoms with E-state index in [2.05, 4.69) is 4.98 Å². The van der Waals surface area contributed by atoms with Gasteiger partial charge in [-0.1, -0.05) is 6.92 Å². The van der Waals surface area contributed by atoms with Gasteiger partial charge in [-0.05, 0) is 24.6 Å². The number of benzene rings is 1. The maximum atomic E-state index is 5.62. The molecule has 1 aliphatic heterocycles. The first kappa shape index (κ1) is 11.0. The normalized spacial score (nSPS) is 13.0. The Morgan fingerprint density at radius 1 is 1.28 bits per heavy atom. The van der Waals surface area contributed by atoms with Crippen LogP contribution in [0.3, 0.4) is 0 Å². The molecule has 0 amide bonds. The van der Waals surface area contributed by atoms with Gasteiger partial charge in [-0.2, -0.15) is 4.98 Å². The fourth-order valence-electron chi connectivity index (χ4n) is 2.12. The van der Waals surface area contributed by atoms with Gasteiger partial charge in [0.2, 0.25) is 6.79 Å². The molecule has 2 N–H and O–H groups in total. The first-order chi connectivity index (χ1) is 8.69. The summed E-state index contributed by atoms with van der Waals surface area (Å²) in [5.41, 5.74) is 8.43. The molecule has 1 aromatic heterocycles. The number of fused-ring (bicyclic) bond motifs is 1. The molecule has 2 heterocycles. The molecule has 5 heteroatoms. The molecule has 0 unspecified atom stereocenters. The van der Waals surface area contributed by atoms with E-state index in [1.54, 1.807) is 0 Å². The average molecular weight is 246 g/mol. The van der Waals surface area contributed by atoms with Gasteiger partial charge in [-0.15, -0.1) is 0 Å². The number of ether oxygens (including phenoxy) is 2. The number of aryl methyl sites for hydroxylation is 2. The summed E-state index contributed by atoms with van der Waals surface area (Å²) in [7, 11) is 0. The summed E-state index contributed by atoms with van der Waals surface area (Å²) in [6.07, 6.45) is 0.743. The molecule has 0 fully saturated rings. The molecule has 1 aromatic carbocycles. The number of hydrogen-bond acceptors (Lipinski definition) is 5. The molecule has 0 radical (unpaired) electrons. The lowest BCUT2D eigenvalue weighted by Crippen LogP contribution is -1.92. The van der Waals surface area contributed by atoms with E-state index >= 15 is 0 Å². The van der Waals surface area contributed by atoms with E-state index in [-0.39, 0.29) is 12.8 Å². The fourth-order valence-corrected chi connectivity index (χ4v) is 2.12. The summed E-state index contributed by atoms with van der Waals surface area (Å²) >= 11 is 0. The Labute approximate surface area is 105 Å². The minimum Gasteiger partial charge on any atom is -0.454 e. The maximum absolute atomic E-state index is 5.62. The summed E-state index contributed by atoms with van der Waals surface area (Å²) in [6, 6.07) is 4.06. The van der Waals surface area contributed by atoms with E-state index in [0.29, 0.717) is 0 Å². The lowest BCUT2D eigenvalue weighted by Gasteiger charge is -2.05. The highest BCUT2D eigenvalue weighted by Crippen LogP contribution is 2.39. The average Bonchev–Trinajstić information content (AvgIpc) is 2.93. The summed E-state index contributed by atoms with van der Waals surface area (Å²) in [4.78, 5) is 4.25. The van der Waals surface area contributed by atoms with Gasteiger partial charge in [0.25, 0.3) is 6.01 Å². The quantitative estimate of drug-likeness (QED) is 0.881.